The van der Waals surface area contributed by atoms with Gasteiger partial charge in [-0.15, -0.1) is 0 Å². The van der Waals surface area contributed by atoms with E-state index in [0.717, 1.165) is 13.1 Å². The summed E-state index contributed by atoms with van der Waals surface area (Å²) in [5, 5.41) is 8.76. The average Bonchev–Trinajstić information content (AvgIpc) is 2.31. The van der Waals surface area contributed by atoms with Crippen molar-refractivity contribution in [3.8, 4) is 6.07 Å². The summed E-state index contributed by atoms with van der Waals surface area (Å²) in [6, 6.07) is 6.11. The molecule has 0 aromatic carbocycles. The Balaban J connectivity index is 1.93. The number of nitrogens with zero attached hydrogens (tertiary/aromatic N) is 3. The monoisotopic (exact) mass is 203 g/mol. The van der Waals surface area contributed by atoms with Crippen molar-refractivity contribution < 1.29 is 4.74 Å². The SMILES string of the molecule is N#CC1CN(Cc2cccnc2)CCO1. The van der Waals surface area contributed by atoms with Gasteiger partial charge in [-0.25, -0.2) is 0 Å². The van der Waals surface area contributed by atoms with E-state index in [9.17, 15) is 0 Å². The van der Waals surface area contributed by atoms with Crippen LogP contribution < -0.4 is 0 Å². The van der Waals surface area contributed by atoms with Crippen molar-refractivity contribution in [2.45, 2.75) is 12.6 Å². The van der Waals surface area contributed by atoms with Crippen LogP contribution in [0.1, 0.15) is 5.56 Å². The fourth-order valence-electron chi connectivity index (χ4n) is 1.67. The van der Waals surface area contributed by atoms with E-state index in [1.165, 1.54) is 5.56 Å². The molecule has 15 heavy (non-hydrogen) atoms. The average molecular weight is 203 g/mol. The molecule has 1 saturated heterocycles. The molecule has 4 nitrogen and oxygen atoms in total. The van der Waals surface area contributed by atoms with Crippen LogP contribution in [0.15, 0.2) is 24.5 Å². The third-order valence-corrected chi connectivity index (χ3v) is 2.42. The summed E-state index contributed by atoms with van der Waals surface area (Å²) in [7, 11) is 0. The van der Waals surface area contributed by atoms with Gasteiger partial charge in [0.1, 0.15) is 0 Å². The molecule has 4 heteroatoms. The van der Waals surface area contributed by atoms with E-state index >= 15 is 0 Å². The molecule has 0 bridgehead atoms. The fraction of sp³-hybridized carbons (Fsp3) is 0.455. The minimum atomic E-state index is -0.282. The summed E-state index contributed by atoms with van der Waals surface area (Å²) >= 11 is 0. The molecule has 1 unspecified atom stereocenters. The lowest BCUT2D eigenvalue weighted by Crippen LogP contribution is -2.41. The van der Waals surface area contributed by atoms with Crippen LogP contribution in [-0.4, -0.2) is 35.7 Å². The summed E-state index contributed by atoms with van der Waals surface area (Å²) in [4.78, 5) is 6.28. The van der Waals surface area contributed by atoms with Crippen LogP contribution in [0.5, 0.6) is 0 Å². The molecule has 0 saturated carbocycles. The van der Waals surface area contributed by atoms with E-state index in [4.69, 9.17) is 10.00 Å². The Bertz CT molecular complexity index is 347. The van der Waals surface area contributed by atoms with Gasteiger partial charge in [0.15, 0.2) is 6.10 Å². The number of hydrogen-bond donors (Lipinski definition) is 0. The summed E-state index contributed by atoms with van der Waals surface area (Å²) in [6.45, 7) is 3.05. The van der Waals surface area contributed by atoms with Crippen molar-refractivity contribution in [2.75, 3.05) is 19.7 Å². The van der Waals surface area contributed by atoms with Gasteiger partial charge in [0, 0.05) is 32.0 Å². The maximum atomic E-state index is 8.76. The third kappa shape index (κ3) is 2.75. The van der Waals surface area contributed by atoms with E-state index in [2.05, 4.69) is 16.0 Å². The van der Waals surface area contributed by atoms with Gasteiger partial charge < -0.3 is 4.74 Å². The molecule has 0 amide bonds. The quantitative estimate of drug-likeness (QED) is 0.713. The van der Waals surface area contributed by atoms with Gasteiger partial charge in [0.25, 0.3) is 0 Å². The molecular weight excluding hydrogens is 190 g/mol. The van der Waals surface area contributed by atoms with Crippen molar-refractivity contribution in [1.82, 2.24) is 9.88 Å². The second-order valence-electron chi connectivity index (χ2n) is 3.58. The van der Waals surface area contributed by atoms with Gasteiger partial charge in [-0.3, -0.25) is 9.88 Å². The van der Waals surface area contributed by atoms with Crippen LogP contribution in [0.25, 0.3) is 0 Å². The number of morpholine rings is 1. The summed E-state index contributed by atoms with van der Waals surface area (Å²) in [6.07, 6.45) is 3.34. The molecule has 1 aliphatic rings. The largest absolute Gasteiger partial charge is 0.361 e. The normalized spacial score (nSPS) is 22.2. The first-order valence-corrected chi connectivity index (χ1v) is 5.01. The Morgan fingerprint density at radius 3 is 3.33 bits per heavy atom. The molecular formula is C11H13N3O. The lowest BCUT2D eigenvalue weighted by Gasteiger charge is -2.29. The van der Waals surface area contributed by atoms with E-state index in [1.807, 2.05) is 18.3 Å². The van der Waals surface area contributed by atoms with E-state index in [1.54, 1.807) is 6.20 Å². The zero-order chi connectivity index (χ0) is 10.5. The predicted molar refractivity (Wildman–Crippen MR) is 54.9 cm³/mol. The van der Waals surface area contributed by atoms with Gasteiger partial charge in [-0.2, -0.15) is 5.26 Å². The second-order valence-corrected chi connectivity index (χ2v) is 3.58. The number of ether oxygens (including phenoxy) is 1. The smallest absolute Gasteiger partial charge is 0.156 e. The highest BCUT2D eigenvalue weighted by atomic mass is 16.5. The van der Waals surface area contributed by atoms with E-state index in [-0.39, 0.29) is 6.10 Å². The molecule has 0 N–H and O–H groups in total. The lowest BCUT2D eigenvalue weighted by molar-refractivity contribution is -0.00272. The molecule has 0 aliphatic carbocycles. The van der Waals surface area contributed by atoms with Gasteiger partial charge in [0.05, 0.1) is 12.7 Å². The Hall–Kier alpha value is -1.44. The standard InChI is InChI=1S/C11H13N3O/c12-6-11-9-14(4-5-15-11)8-10-2-1-3-13-7-10/h1-3,7,11H,4-5,8-9H2. The molecule has 0 radical (unpaired) electrons. The summed E-state index contributed by atoms with van der Waals surface area (Å²) in [5.74, 6) is 0. The molecule has 1 aliphatic heterocycles. The summed E-state index contributed by atoms with van der Waals surface area (Å²) < 4.78 is 5.28. The topological polar surface area (TPSA) is 49.2 Å². The maximum Gasteiger partial charge on any atom is 0.156 e. The van der Waals surface area contributed by atoms with Gasteiger partial charge in [0.2, 0.25) is 0 Å². The minimum Gasteiger partial charge on any atom is -0.361 e. The third-order valence-electron chi connectivity index (χ3n) is 2.42. The Kier molecular flexibility index (Phi) is 3.28. The highest BCUT2D eigenvalue weighted by Crippen LogP contribution is 2.08. The molecule has 2 heterocycles. The molecule has 78 valence electrons. The molecule has 0 spiro atoms. The number of nitriles is 1. The van der Waals surface area contributed by atoms with Crippen LogP contribution >= 0.6 is 0 Å². The van der Waals surface area contributed by atoms with Crippen molar-refractivity contribution in [1.29, 1.82) is 5.26 Å². The zero-order valence-electron chi connectivity index (χ0n) is 8.47. The molecule has 1 atom stereocenters. The molecule has 1 fully saturated rings. The highest BCUT2D eigenvalue weighted by Gasteiger charge is 2.19. The Labute approximate surface area is 89.1 Å². The summed E-state index contributed by atoms with van der Waals surface area (Å²) in [5.41, 5.74) is 1.18. The highest BCUT2D eigenvalue weighted by molar-refractivity contribution is 5.08. The number of hydrogen-bond acceptors (Lipinski definition) is 4. The predicted octanol–water partition coefficient (Wildman–Crippen LogP) is 0.806. The van der Waals surface area contributed by atoms with Crippen molar-refractivity contribution in [3.63, 3.8) is 0 Å². The minimum absolute atomic E-state index is 0.282. The van der Waals surface area contributed by atoms with E-state index in [0.29, 0.717) is 13.2 Å². The van der Waals surface area contributed by atoms with Crippen molar-refractivity contribution in [3.05, 3.63) is 30.1 Å². The van der Waals surface area contributed by atoms with Crippen LogP contribution in [-0.2, 0) is 11.3 Å². The first-order chi connectivity index (χ1) is 7.38. The zero-order valence-corrected chi connectivity index (χ0v) is 8.47. The molecule has 1 aromatic rings. The first kappa shape index (κ1) is 10.1. The van der Waals surface area contributed by atoms with Crippen LogP contribution in [0.3, 0.4) is 0 Å². The number of rotatable bonds is 2. The van der Waals surface area contributed by atoms with Gasteiger partial charge in [-0.1, -0.05) is 6.07 Å². The Morgan fingerprint density at radius 1 is 1.67 bits per heavy atom. The Morgan fingerprint density at radius 2 is 2.60 bits per heavy atom. The molecule has 2 rings (SSSR count). The fourth-order valence-corrected chi connectivity index (χ4v) is 1.67. The van der Waals surface area contributed by atoms with Gasteiger partial charge in [-0.05, 0) is 11.6 Å². The van der Waals surface area contributed by atoms with Crippen LogP contribution in [0.4, 0.5) is 0 Å². The van der Waals surface area contributed by atoms with Gasteiger partial charge >= 0.3 is 0 Å². The van der Waals surface area contributed by atoms with Crippen molar-refractivity contribution in [2.24, 2.45) is 0 Å². The van der Waals surface area contributed by atoms with Crippen LogP contribution in [0.2, 0.25) is 0 Å². The number of pyridine rings is 1. The molecule has 1 aromatic heterocycles. The number of aromatic nitrogens is 1. The lowest BCUT2D eigenvalue weighted by atomic mass is 10.2. The second kappa shape index (κ2) is 4.87. The first-order valence-electron chi connectivity index (χ1n) is 5.01. The van der Waals surface area contributed by atoms with Crippen LogP contribution in [0, 0.1) is 11.3 Å². The van der Waals surface area contributed by atoms with Crippen molar-refractivity contribution >= 4 is 0 Å². The van der Waals surface area contributed by atoms with E-state index < -0.39 is 0 Å². The maximum absolute atomic E-state index is 8.76.